The van der Waals surface area contributed by atoms with E-state index in [1.165, 1.54) is 31.9 Å². The van der Waals surface area contributed by atoms with E-state index in [4.69, 9.17) is 0 Å². The lowest BCUT2D eigenvalue weighted by Gasteiger charge is -2.33. The van der Waals surface area contributed by atoms with Crippen LogP contribution < -0.4 is 16.0 Å². The molecule has 0 unspecified atom stereocenters. The predicted octanol–water partition coefficient (Wildman–Crippen LogP) is 1.16. The van der Waals surface area contributed by atoms with E-state index in [0.29, 0.717) is 24.2 Å². The Morgan fingerprint density at radius 3 is 2.18 bits per heavy atom. The van der Waals surface area contributed by atoms with Gasteiger partial charge in [-0.3, -0.25) is 9.78 Å². The van der Waals surface area contributed by atoms with Crippen molar-refractivity contribution in [2.45, 2.75) is 64.2 Å². The Morgan fingerprint density at radius 2 is 1.62 bits per heavy atom. The number of carboxylic acid groups (broad SMARTS) is 2. The Kier molecular flexibility index (Phi) is 13.4. The lowest BCUT2D eigenvalue weighted by molar-refractivity contribution is -0.895. The number of urea groups is 1. The molecule has 45 heavy (non-hydrogen) atoms. The number of carbonyl (C=O) groups is 5. The summed E-state index contributed by atoms with van der Waals surface area (Å²) in [5.74, 6) is -3.34. The number of nitrogens with zero attached hydrogens (tertiary/aromatic N) is 5. The van der Waals surface area contributed by atoms with Gasteiger partial charge in [0, 0.05) is 19.2 Å². The van der Waals surface area contributed by atoms with E-state index in [-0.39, 0.29) is 54.7 Å². The molecule has 248 valence electrons. The van der Waals surface area contributed by atoms with Crippen molar-refractivity contribution < 1.29 is 51.6 Å². The molecule has 19 heteroatoms. The van der Waals surface area contributed by atoms with Crippen molar-refractivity contribution in [1.29, 1.82) is 0 Å². The van der Waals surface area contributed by atoms with Crippen molar-refractivity contribution in [3.63, 3.8) is 0 Å². The summed E-state index contributed by atoms with van der Waals surface area (Å²) in [6, 6.07) is -0.491. The van der Waals surface area contributed by atoms with Crippen molar-refractivity contribution in [2.75, 3.05) is 27.1 Å². The zero-order valence-corrected chi connectivity index (χ0v) is 25.2. The lowest BCUT2D eigenvalue weighted by atomic mass is 9.90. The maximum atomic E-state index is 12.8. The highest BCUT2D eigenvalue weighted by Crippen LogP contribution is 2.16. The number of rotatable bonds is 19. The summed E-state index contributed by atoms with van der Waals surface area (Å²) in [6.45, 7) is -3.22. The van der Waals surface area contributed by atoms with Gasteiger partial charge in [0.05, 0.1) is 44.5 Å². The van der Waals surface area contributed by atoms with Gasteiger partial charge in [-0.05, 0) is 44.7 Å². The molecule has 15 nitrogen and oxygen atoms in total. The Hall–Kier alpha value is -4.55. The molecule has 2 atom stereocenters. The first kappa shape index (κ1) is 36.6. The Morgan fingerprint density at radius 1 is 0.978 bits per heavy atom. The molecule has 5 N–H and O–H groups in total. The number of carboxylic acids is 2. The van der Waals surface area contributed by atoms with Gasteiger partial charge in [0.1, 0.15) is 30.1 Å². The number of pyridine rings is 1. The number of aromatic nitrogens is 4. The van der Waals surface area contributed by atoms with Crippen LogP contribution in [0.4, 0.5) is 17.7 Å². The van der Waals surface area contributed by atoms with Gasteiger partial charge in [-0.1, -0.05) is 5.21 Å². The van der Waals surface area contributed by atoms with Crippen LogP contribution in [0.1, 0.15) is 60.8 Å². The minimum Gasteiger partial charge on any atom is -0.480 e. The van der Waals surface area contributed by atoms with Crippen molar-refractivity contribution in [3.8, 4) is 0 Å². The van der Waals surface area contributed by atoms with Gasteiger partial charge < -0.3 is 48.4 Å². The second-order valence-corrected chi connectivity index (χ2v) is 11.3. The van der Waals surface area contributed by atoms with E-state index in [1.807, 2.05) is 0 Å². The van der Waals surface area contributed by atoms with Crippen LogP contribution in [0.15, 0.2) is 24.5 Å². The summed E-state index contributed by atoms with van der Waals surface area (Å²) in [7, 11) is 2.93. The summed E-state index contributed by atoms with van der Waals surface area (Å²) >= 11 is 0. The second-order valence-electron chi connectivity index (χ2n) is 11.3. The minimum atomic E-state index is -4.95. The highest BCUT2D eigenvalue weighted by Gasteiger charge is 2.34. The summed E-state index contributed by atoms with van der Waals surface area (Å²) in [5.41, 5.74) is 1.21. The SMILES string of the molecule is CC(=O)CC[C@H](NC(=O)N[C@@H](CCCCNC(=O)c1ccc(Cn2cc(C[N+](C)(C)C[B-](F)(F)F)nn2)nc1)C(=O)O)C(=O)O. The summed E-state index contributed by atoms with van der Waals surface area (Å²) in [5, 5.41) is 33.5. The maximum Gasteiger partial charge on any atom is 0.531 e. The van der Waals surface area contributed by atoms with Gasteiger partial charge in [0.25, 0.3) is 5.91 Å². The number of aliphatic carboxylic acids is 2. The first-order chi connectivity index (χ1) is 20.9. The monoisotopic (exact) mass is 642 g/mol. The molecule has 0 saturated heterocycles. The van der Waals surface area contributed by atoms with Crippen LogP contribution in [0.2, 0.25) is 0 Å². The molecule has 2 heterocycles. The summed E-state index contributed by atoms with van der Waals surface area (Å²) in [6.07, 6.45) is 2.48. The number of amides is 3. The van der Waals surface area contributed by atoms with Gasteiger partial charge in [-0.15, -0.1) is 5.10 Å². The molecule has 2 rings (SSSR count). The third-order valence-electron chi connectivity index (χ3n) is 6.49. The van der Waals surface area contributed by atoms with E-state index in [9.17, 15) is 47.1 Å². The Bertz CT molecular complexity index is 1340. The average Bonchev–Trinajstić information content (AvgIpc) is 3.34. The molecule has 0 aliphatic heterocycles. The van der Waals surface area contributed by atoms with Crippen LogP contribution in [0.25, 0.3) is 0 Å². The topological polar surface area (TPSA) is 206 Å². The largest absolute Gasteiger partial charge is 0.531 e. The zero-order chi connectivity index (χ0) is 33.8. The van der Waals surface area contributed by atoms with Crippen LogP contribution in [0, 0.1) is 0 Å². The fraction of sp³-hybridized carbons (Fsp3) is 0.538. The second kappa shape index (κ2) is 16.5. The quantitative estimate of drug-likeness (QED) is 0.0840. The van der Waals surface area contributed by atoms with Crippen LogP contribution >= 0.6 is 0 Å². The average molecular weight is 642 g/mol. The van der Waals surface area contributed by atoms with Gasteiger partial charge in [-0.25, -0.2) is 19.1 Å². The lowest BCUT2D eigenvalue weighted by Crippen LogP contribution is -2.51. The molecular formula is C26H38BF3N8O7. The smallest absolute Gasteiger partial charge is 0.480 e. The fourth-order valence-corrected chi connectivity index (χ4v) is 4.37. The molecule has 0 fully saturated rings. The number of quaternary nitrogens is 1. The van der Waals surface area contributed by atoms with Crippen molar-refractivity contribution in [2.24, 2.45) is 0 Å². The summed E-state index contributed by atoms with van der Waals surface area (Å²) < 4.78 is 39.6. The first-order valence-electron chi connectivity index (χ1n) is 14.1. The molecule has 2 aromatic heterocycles. The Labute approximate surface area is 257 Å². The molecule has 0 aromatic carbocycles. The number of carbonyl (C=O) groups excluding carboxylic acids is 3. The fourth-order valence-electron chi connectivity index (χ4n) is 4.37. The van der Waals surface area contributed by atoms with Crippen LogP contribution in [-0.2, 0) is 27.5 Å². The number of Topliss-reactive ketones (excluding diaryl/α,β-unsaturated/α-hetero) is 1. The zero-order valence-electron chi connectivity index (χ0n) is 25.2. The van der Waals surface area contributed by atoms with Gasteiger partial charge in [0.2, 0.25) is 0 Å². The number of hydrogen-bond acceptors (Lipinski definition) is 8. The first-order valence-corrected chi connectivity index (χ1v) is 14.1. The molecule has 0 radical (unpaired) electrons. The van der Waals surface area contributed by atoms with Crippen LogP contribution in [0.5, 0.6) is 0 Å². The maximum absolute atomic E-state index is 12.8. The third-order valence-corrected chi connectivity index (χ3v) is 6.49. The van der Waals surface area contributed by atoms with E-state index >= 15 is 0 Å². The van der Waals surface area contributed by atoms with Gasteiger partial charge >= 0.3 is 24.9 Å². The van der Waals surface area contributed by atoms with Crippen molar-refractivity contribution in [3.05, 3.63) is 41.5 Å². The Balaban J connectivity index is 1.77. The third kappa shape index (κ3) is 14.2. The highest BCUT2D eigenvalue weighted by atomic mass is 19.4. The number of unbranched alkanes of at least 4 members (excludes halogenated alkanes) is 1. The molecule has 0 saturated carbocycles. The number of ketones is 1. The molecule has 3 amide bonds. The molecule has 0 spiro atoms. The van der Waals surface area contributed by atoms with Crippen LogP contribution in [-0.4, -0.2) is 110 Å². The van der Waals surface area contributed by atoms with Gasteiger partial charge in [-0.2, -0.15) is 0 Å². The van der Waals surface area contributed by atoms with Crippen molar-refractivity contribution in [1.82, 2.24) is 35.9 Å². The normalized spacial score (nSPS) is 13.0. The molecule has 0 aliphatic rings. The van der Waals surface area contributed by atoms with E-state index in [2.05, 4.69) is 31.2 Å². The molecular weight excluding hydrogens is 604 g/mol. The highest BCUT2D eigenvalue weighted by molar-refractivity contribution is 6.58. The molecule has 0 bridgehead atoms. The number of halogens is 3. The summed E-state index contributed by atoms with van der Waals surface area (Å²) in [4.78, 5) is 62.8. The van der Waals surface area contributed by atoms with Crippen molar-refractivity contribution >= 4 is 36.6 Å². The van der Waals surface area contributed by atoms with Gasteiger partial charge in [0.15, 0.2) is 0 Å². The molecule has 2 aromatic rings. The van der Waals surface area contributed by atoms with E-state index in [0.717, 1.165) is 0 Å². The van der Waals surface area contributed by atoms with E-state index < -0.39 is 49.4 Å². The van der Waals surface area contributed by atoms with Crippen LogP contribution in [0.3, 0.4) is 0 Å². The minimum absolute atomic E-state index is 0.0175. The standard InChI is InChI=1S/C26H38BF3N8O7/c1-17(39)7-10-22(25(43)44)34-26(45)33-21(24(41)42)6-4-5-11-31-23(40)18-8-9-19(32-12-18)13-37-14-20(35-36-37)15-38(2,3)16-27(28,29)30/h8-9,12,14,21-22H,4-7,10-11,13,15-16H2,1-3H3,(H,31,40)(H,41,42)(H,43,44)(H2,33,34,45)/t21-,22-/m0/s1. The van der Waals surface area contributed by atoms with E-state index in [1.54, 1.807) is 18.3 Å². The number of nitrogens with one attached hydrogen (secondary N) is 3. The predicted molar refractivity (Wildman–Crippen MR) is 154 cm³/mol. The number of hydrogen-bond donors (Lipinski definition) is 5. The molecule has 0 aliphatic carbocycles.